The molecule has 2 unspecified atom stereocenters. The summed E-state index contributed by atoms with van der Waals surface area (Å²) in [5.74, 6) is -0.222. The van der Waals surface area contributed by atoms with Crippen LogP contribution in [0.1, 0.15) is 43.8 Å². The summed E-state index contributed by atoms with van der Waals surface area (Å²) < 4.78 is 5.11. The number of aryl methyl sites for hydroxylation is 1. The van der Waals surface area contributed by atoms with Crippen LogP contribution in [0.2, 0.25) is 0 Å². The van der Waals surface area contributed by atoms with E-state index in [1.54, 1.807) is 5.51 Å². The fourth-order valence-electron chi connectivity index (χ4n) is 1.47. The number of thiazole rings is 1. The standard InChI is InChI=1S/C12H20N2O2S/c1-5-8(3)14-10(12(15)16-6-2)11-9(4)13-7-17-11/h7-8,10,14H,5-6H2,1-4H3. The summed E-state index contributed by atoms with van der Waals surface area (Å²) in [7, 11) is 0. The summed E-state index contributed by atoms with van der Waals surface area (Å²) in [5.41, 5.74) is 2.65. The lowest BCUT2D eigenvalue weighted by molar-refractivity contribution is -0.146. The molecule has 0 aliphatic heterocycles. The number of rotatable bonds is 6. The summed E-state index contributed by atoms with van der Waals surface area (Å²) >= 11 is 1.49. The van der Waals surface area contributed by atoms with E-state index in [-0.39, 0.29) is 12.0 Å². The van der Waals surface area contributed by atoms with Crippen molar-refractivity contribution >= 4 is 17.3 Å². The molecule has 0 aromatic carbocycles. The minimum atomic E-state index is -0.391. The number of ether oxygens (including phenoxy) is 1. The van der Waals surface area contributed by atoms with E-state index in [9.17, 15) is 4.79 Å². The highest BCUT2D eigenvalue weighted by Crippen LogP contribution is 2.23. The molecule has 4 nitrogen and oxygen atoms in total. The molecule has 0 spiro atoms. The Morgan fingerprint density at radius 1 is 1.59 bits per heavy atom. The molecular weight excluding hydrogens is 236 g/mol. The Morgan fingerprint density at radius 2 is 2.29 bits per heavy atom. The van der Waals surface area contributed by atoms with Crippen molar-refractivity contribution in [1.82, 2.24) is 10.3 Å². The van der Waals surface area contributed by atoms with Gasteiger partial charge in [0.1, 0.15) is 6.04 Å². The van der Waals surface area contributed by atoms with Crippen LogP contribution >= 0.6 is 11.3 Å². The van der Waals surface area contributed by atoms with E-state index >= 15 is 0 Å². The van der Waals surface area contributed by atoms with E-state index in [1.165, 1.54) is 11.3 Å². The molecule has 1 rings (SSSR count). The number of esters is 1. The minimum Gasteiger partial charge on any atom is -0.465 e. The first kappa shape index (κ1) is 14.1. The lowest BCUT2D eigenvalue weighted by atomic mass is 10.1. The zero-order valence-corrected chi connectivity index (χ0v) is 11.6. The quantitative estimate of drug-likeness (QED) is 0.794. The van der Waals surface area contributed by atoms with Gasteiger partial charge in [0.2, 0.25) is 0 Å². The lowest BCUT2D eigenvalue weighted by Crippen LogP contribution is -2.36. The van der Waals surface area contributed by atoms with Gasteiger partial charge in [-0.3, -0.25) is 5.32 Å². The smallest absolute Gasteiger partial charge is 0.328 e. The summed E-state index contributed by atoms with van der Waals surface area (Å²) in [6.07, 6.45) is 0.966. The number of carbonyl (C=O) groups is 1. The largest absolute Gasteiger partial charge is 0.465 e. The van der Waals surface area contributed by atoms with Gasteiger partial charge in [-0.05, 0) is 27.2 Å². The average Bonchev–Trinajstić information content (AvgIpc) is 2.72. The van der Waals surface area contributed by atoms with E-state index in [2.05, 4.69) is 24.1 Å². The molecule has 17 heavy (non-hydrogen) atoms. The Bertz CT molecular complexity index is 365. The van der Waals surface area contributed by atoms with Crippen molar-refractivity contribution in [3.8, 4) is 0 Å². The van der Waals surface area contributed by atoms with Gasteiger partial charge in [-0.25, -0.2) is 9.78 Å². The van der Waals surface area contributed by atoms with E-state index in [4.69, 9.17) is 4.74 Å². The molecule has 1 aromatic heterocycles. The maximum absolute atomic E-state index is 11.9. The molecule has 1 N–H and O–H groups in total. The van der Waals surface area contributed by atoms with E-state index < -0.39 is 6.04 Å². The van der Waals surface area contributed by atoms with Crippen LogP contribution in [-0.4, -0.2) is 23.6 Å². The monoisotopic (exact) mass is 256 g/mol. The highest BCUT2D eigenvalue weighted by atomic mass is 32.1. The van der Waals surface area contributed by atoms with Gasteiger partial charge in [-0.2, -0.15) is 0 Å². The highest BCUT2D eigenvalue weighted by Gasteiger charge is 2.26. The van der Waals surface area contributed by atoms with Crippen molar-refractivity contribution in [1.29, 1.82) is 0 Å². The Labute approximate surface area is 106 Å². The third kappa shape index (κ3) is 3.78. The predicted molar refractivity (Wildman–Crippen MR) is 69.1 cm³/mol. The zero-order valence-electron chi connectivity index (χ0n) is 10.8. The Balaban J connectivity index is 2.86. The molecule has 2 atom stereocenters. The topological polar surface area (TPSA) is 51.2 Å². The van der Waals surface area contributed by atoms with Crippen LogP contribution in [0.3, 0.4) is 0 Å². The van der Waals surface area contributed by atoms with Crippen LogP contribution in [-0.2, 0) is 9.53 Å². The van der Waals surface area contributed by atoms with Crippen molar-refractivity contribution in [2.45, 2.75) is 46.2 Å². The molecule has 1 aromatic rings. The highest BCUT2D eigenvalue weighted by molar-refractivity contribution is 7.10. The van der Waals surface area contributed by atoms with Crippen LogP contribution in [0.5, 0.6) is 0 Å². The van der Waals surface area contributed by atoms with Crippen molar-refractivity contribution in [3.05, 3.63) is 16.1 Å². The van der Waals surface area contributed by atoms with Crippen molar-refractivity contribution in [3.63, 3.8) is 0 Å². The third-order valence-corrected chi connectivity index (χ3v) is 3.63. The first-order valence-electron chi connectivity index (χ1n) is 5.92. The zero-order chi connectivity index (χ0) is 12.8. The molecular formula is C12H20N2O2S. The first-order chi connectivity index (χ1) is 8.10. The fourth-order valence-corrected chi connectivity index (χ4v) is 2.31. The molecule has 5 heteroatoms. The van der Waals surface area contributed by atoms with Crippen LogP contribution in [0, 0.1) is 6.92 Å². The number of hydrogen-bond acceptors (Lipinski definition) is 5. The Kier molecular flexibility index (Phi) is 5.58. The molecule has 0 saturated heterocycles. The molecule has 0 aliphatic carbocycles. The molecule has 0 saturated carbocycles. The van der Waals surface area contributed by atoms with Gasteiger partial charge in [0.15, 0.2) is 0 Å². The molecule has 96 valence electrons. The molecule has 0 bridgehead atoms. The fraction of sp³-hybridized carbons (Fsp3) is 0.667. The number of hydrogen-bond donors (Lipinski definition) is 1. The summed E-state index contributed by atoms with van der Waals surface area (Å²) in [4.78, 5) is 17.1. The molecule has 0 radical (unpaired) electrons. The Morgan fingerprint density at radius 3 is 2.76 bits per heavy atom. The van der Waals surface area contributed by atoms with E-state index in [0.717, 1.165) is 17.0 Å². The van der Waals surface area contributed by atoms with Crippen LogP contribution in [0.4, 0.5) is 0 Å². The summed E-state index contributed by atoms with van der Waals surface area (Å²) in [6, 6.07) is -0.122. The van der Waals surface area contributed by atoms with Gasteiger partial charge in [-0.1, -0.05) is 6.92 Å². The van der Waals surface area contributed by atoms with Gasteiger partial charge < -0.3 is 4.74 Å². The predicted octanol–water partition coefficient (Wildman–Crippen LogP) is 2.44. The molecule has 0 aliphatic rings. The maximum atomic E-state index is 11.9. The van der Waals surface area contributed by atoms with Gasteiger partial charge in [0, 0.05) is 6.04 Å². The van der Waals surface area contributed by atoms with Crippen LogP contribution in [0.25, 0.3) is 0 Å². The second kappa shape index (κ2) is 6.71. The SMILES string of the molecule is CCOC(=O)C(NC(C)CC)c1scnc1C. The normalized spacial score (nSPS) is 14.4. The van der Waals surface area contributed by atoms with Crippen molar-refractivity contribution in [2.24, 2.45) is 0 Å². The third-order valence-electron chi connectivity index (χ3n) is 2.63. The first-order valence-corrected chi connectivity index (χ1v) is 6.80. The second-order valence-electron chi connectivity index (χ2n) is 3.96. The van der Waals surface area contributed by atoms with Gasteiger partial charge in [-0.15, -0.1) is 11.3 Å². The van der Waals surface area contributed by atoms with E-state index in [1.807, 2.05) is 13.8 Å². The molecule has 0 fully saturated rings. The van der Waals surface area contributed by atoms with Gasteiger partial charge in [0.25, 0.3) is 0 Å². The summed E-state index contributed by atoms with van der Waals surface area (Å²) in [6.45, 7) is 8.27. The second-order valence-corrected chi connectivity index (χ2v) is 4.85. The summed E-state index contributed by atoms with van der Waals surface area (Å²) in [5, 5.41) is 3.29. The molecule has 0 amide bonds. The van der Waals surface area contributed by atoms with Crippen molar-refractivity contribution < 1.29 is 9.53 Å². The maximum Gasteiger partial charge on any atom is 0.328 e. The lowest BCUT2D eigenvalue weighted by Gasteiger charge is -2.20. The minimum absolute atomic E-state index is 0.222. The number of nitrogens with one attached hydrogen (secondary N) is 1. The molecule has 1 heterocycles. The van der Waals surface area contributed by atoms with E-state index in [0.29, 0.717) is 6.61 Å². The number of nitrogens with zero attached hydrogens (tertiary/aromatic N) is 1. The van der Waals surface area contributed by atoms with Gasteiger partial charge >= 0.3 is 5.97 Å². The number of carbonyl (C=O) groups excluding carboxylic acids is 1. The van der Waals surface area contributed by atoms with Gasteiger partial charge in [0.05, 0.1) is 22.7 Å². The average molecular weight is 256 g/mol. The van der Waals surface area contributed by atoms with Crippen LogP contribution < -0.4 is 5.32 Å². The Hall–Kier alpha value is -0.940. The number of aromatic nitrogens is 1. The van der Waals surface area contributed by atoms with Crippen LogP contribution in [0.15, 0.2) is 5.51 Å². The van der Waals surface area contributed by atoms with Crippen molar-refractivity contribution in [2.75, 3.05) is 6.61 Å².